The molecule has 2 heterocycles. The van der Waals surface area contributed by atoms with Gasteiger partial charge in [-0.3, -0.25) is 4.79 Å². The van der Waals surface area contributed by atoms with Crippen LogP contribution >= 0.6 is 11.3 Å². The normalized spacial score (nSPS) is 20.8. The third-order valence-corrected chi connectivity index (χ3v) is 6.91. The van der Waals surface area contributed by atoms with Gasteiger partial charge in [0.25, 0.3) is 0 Å². The van der Waals surface area contributed by atoms with Crippen molar-refractivity contribution >= 4 is 17.2 Å². The number of benzene rings is 1. The molecule has 0 spiro atoms. The maximum absolute atomic E-state index is 13.1. The Kier molecular flexibility index (Phi) is 5.41. The molecule has 138 valence electrons. The van der Waals surface area contributed by atoms with Gasteiger partial charge in [-0.05, 0) is 54.3 Å². The lowest BCUT2D eigenvalue weighted by Gasteiger charge is -2.37. The van der Waals surface area contributed by atoms with Gasteiger partial charge < -0.3 is 10.2 Å². The monoisotopic (exact) mass is 368 g/mol. The maximum Gasteiger partial charge on any atom is 0.237 e. The molecule has 1 atom stereocenters. The third kappa shape index (κ3) is 3.58. The quantitative estimate of drug-likeness (QED) is 0.864. The highest BCUT2D eigenvalue weighted by Gasteiger charge is 2.33. The van der Waals surface area contributed by atoms with Gasteiger partial charge in [0, 0.05) is 17.5 Å². The highest BCUT2D eigenvalue weighted by molar-refractivity contribution is 7.10. The van der Waals surface area contributed by atoms with Crippen LogP contribution in [0, 0.1) is 6.92 Å². The van der Waals surface area contributed by atoms with Crippen LogP contribution in [0.1, 0.15) is 59.7 Å². The first kappa shape index (κ1) is 17.7. The molecule has 2 aliphatic rings. The number of nitrogens with one attached hydrogen (secondary N) is 1. The summed E-state index contributed by atoms with van der Waals surface area (Å²) in [6, 6.07) is 11.3. The van der Waals surface area contributed by atoms with E-state index in [0.717, 1.165) is 13.0 Å². The summed E-state index contributed by atoms with van der Waals surface area (Å²) in [6.07, 6.45) is 7.32. The Balaban J connectivity index is 1.55. The first-order valence-electron chi connectivity index (χ1n) is 9.88. The van der Waals surface area contributed by atoms with Crippen LogP contribution in [-0.2, 0) is 11.2 Å². The van der Waals surface area contributed by atoms with Crippen molar-refractivity contribution in [2.45, 2.75) is 57.5 Å². The third-order valence-electron chi connectivity index (χ3n) is 5.92. The van der Waals surface area contributed by atoms with Crippen molar-refractivity contribution in [3.63, 3.8) is 0 Å². The highest BCUT2D eigenvalue weighted by Crippen LogP contribution is 2.38. The van der Waals surface area contributed by atoms with Gasteiger partial charge >= 0.3 is 0 Å². The Morgan fingerprint density at radius 2 is 1.96 bits per heavy atom. The minimum absolute atomic E-state index is 0.0619. The molecule has 4 heteroatoms. The van der Waals surface area contributed by atoms with E-state index in [0.29, 0.717) is 12.6 Å². The van der Waals surface area contributed by atoms with Gasteiger partial charge in [-0.1, -0.05) is 43.5 Å². The van der Waals surface area contributed by atoms with Crippen molar-refractivity contribution in [3.05, 3.63) is 57.3 Å². The Morgan fingerprint density at radius 1 is 1.15 bits per heavy atom. The number of carbonyl (C=O) groups excluding carboxylic acids is 1. The number of hydrogen-bond acceptors (Lipinski definition) is 3. The van der Waals surface area contributed by atoms with Gasteiger partial charge in [0.1, 0.15) is 0 Å². The van der Waals surface area contributed by atoms with Gasteiger partial charge in [0.15, 0.2) is 0 Å². The van der Waals surface area contributed by atoms with Crippen LogP contribution in [-0.4, -0.2) is 29.9 Å². The van der Waals surface area contributed by atoms with E-state index in [9.17, 15) is 4.79 Å². The highest BCUT2D eigenvalue weighted by atomic mass is 32.1. The van der Waals surface area contributed by atoms with Crippen LogP contribution in [0.3, 0.4) is 0 Å². The Labute approximate surface area is 160 Å². The van der Waals surface area contributed by atoms with Gasteiger partial charge in [-0.25, -0.2) is 0 Å². The van der Waals surface area contributed by atoms with Crippen LogP contribution in [0.25, 0.3) is 0 Å². The molecule has 26 heavy (non-hydrogen) atoms. The molecule has 1 aromatic heterocycles. The number of thiophene rings is 1. The van der Waals surface area contributed by atoms with E-state index < -0.39 is 0 Å². The molecular weight excluding hydrogens is 340 g/mol. The van der Waals surface area contributed by atoms with Crippen molar-refractivity contribution in [2.75, 3.05) is 13.1 Å². The fourth-order valence-electron chi connectivity index (χ4n) is 4.45. The standard InChI is InChI=1S/C22H28N2OS/c1-16-7-5-6-10-18(16)22-19-12-14-26-20(19)11-13-24(22)21(25)15-23-17-8-3-2-4-9-17/h5-7,10,12,14,17,22-23H,2-4,8-9,11,13,15H2,1H3. The number of amides is 1. The van der Waals surface area contributed by atoms with Crippen LogP contribution < -0.4 is 5.32 Å². The average Bonchev–Trinajstić information content (AvgIpc) is 3.15. The first-order chi connectivity index (χ1) is 12.7. The number of nitrogens with zero attached hydrogens (tertiary/aromatic N) is 1. The molecule has 1 N–H and O–H groups in total. The summed E-state index contributed by atoms with van der Waals surface area (Å²) in [5.41, 5.74) is 3.84. The lowest BCUT2D eigenvalue weighted by Crippen LogP contribution is -2.46. The molecule has 1 aromatic carbocycles. The molecule has 1 unspecified atom stereocenters. The van der Waals surface area contributed by atoms with E-state index in [1.807, 2.05) is 11.3 Å². The van der Waals surface area contributed by atoms with Gasteiger partial charge in [-0.15, -0.1) is 11.3 Å². The number of hydrogen-bond donors (Lipinski definition) is 1. The van der Waals surface area contributed by atoms with Crippen LogP contribution in [0.4, 0.5) is 0 Å². The summed E-state index contributed by atoms with van der Waals surface area (Å²) >= 11 is 1.83. The van der Waals surface area contributed by atoms with Crippen LogP contribution in [0.5, 0.6) is 0 Å². The summed E-state index contributed by atoms with van der Waals surface area (Å²) in [5.74, 6) is 0.237. The molecule has 2 aromatic rings. The SMILES string of the molecule is Cc1ccccc1C1c2ccsc2CCN1C(=O)CNC1CCCCC1. The molecule has 0 saturated heterocycles. The van der Waals surface area contributed by atoms with Crippen molar-refractivity contribution in [1.82, 2.24) is 10.2 Å². The Hall–Kier alpha value is -1.65. The predicted molar refractivity (Wildman–Crippen MR) is 108 cm³/mol. The van der Waals surface area contributed by atoms with E-state index in [-0.39, 0.29) is 11.9 Å². The fourth-order valence-corrected chi connectivity index (χ4v) is 5.36. The smallest absolute Gasteiger partial charge is 0.237 e. The topological polar surface area (TPSA) is 32.3 Å². The number of aryl methyl sites for hydroxylation is 1. The summed E-state index contributed by atoms with van der Waals surface area (Å²) in [5, 5.41) is 5.71. The number of fused-ring (bicyclic) bond motifs is 1. The van der Waals surface area contributed by atoms with Crippen molar-refractivity contribution < 1.29 is 4.79 Å². The van der Waals surface area contributed by atoms with Crippen LogP contribution in [0.2, 0.25) is 0 Å². The van der Waals surface area contributed by atoms with Crippen molar-refractivity contribution in [1.29, 1.82) is 0 Å². The second-order valence-electron chi connectivity index (χ2n) is 7.61. The molecule has 1 aliphatic heterocycles. The van der Waals surface area contributed by atoms with Gasteiger partial charge in [0.2, 0.25) is 5.91 Å². The molecule has 3 nitrogen and oxygen atoms in total. The van der Waals surface area contributed by atoms with Gasteiger partial charge in [-0.2, -0.15) is 0 Å². The number of rotatable bonds is 4. The summed E-state index contributed by atoms with van der Waals surface area (Å²) in [7, 11) is 0. The van der Waals surface area contributed by atoms with Crippen LogP contribution in [0.15, 0.2) is 35.7 Å². The molecule has 1 amide bonds. The Bertz CT molecular complexity index is 763. The van der Waals surface area contributed by atoms with E-state index in [4.69, 9.17) is 0 Å². The zero-order valence-corrected chi connectivity index (χ0v) is 16.4. The van der Waals surface area contributed by atoms with E-state index >= 15 is 0 Å². The number of carbonyl (C=O) groups is 1. The van der Waals surface area contributed by atoms with Gasteiger partial charge in [0.05, 0.1) is 12.6 Å². The molecule has 1 aliphatic carbocycles. The lowest BCUT2D eigenvalue weighted by molar-refractivity contribution is -0.132. The minimum atomic E-state index is 0.0619. The Morgan fingerprint density at radius 3 is 2.77 bits per heavy atom. The molecular formula is C22H28N2OS. The first-order valence-corrected chi connectivity index (χ1v) is 10.8. The minimum Gasteiger partial charge on any atom is -0.330 e. The summed E-state index contributed by atoms with van der Waals surface area (Å²) < 4.78 is 0. The zero-order chi connectivity index (χ0) is 17.9. The van der Waals surface area contributed by atoms with E-state index in [1.165, 1.54) is 53.7 Å². The molecule has 0 radical (unpaired) electrons. The van der Waals surface area contributed by atoms with E-state index in [2.05, 4.69) is 52.9 Å². The molecule has 1 saturated carbocycles. The van der Waals surface area contributed by atoms with Crippen molar-refractivity contribution in [2.24, 2.45) is 0 Å². The summed E-state index contributed by atoms with van der Waals surface area (Å²) in [4.78, 5) is 16.7. The second kappa shape index (κ2) is 7.93. The predicted octanol–water partition coefficient (Wildman–Crippen LogP) is 4.45. The largest absolute Gasteiger partial charge is 0.330 e. The molecule has 1 fully saturated rings. The average molecular weight is 369 g/mol. The lowest BCUT2D eigenvalue weighted by atomic mass is 9.90. The van der Waals surface area contributed by atoms with E-state index in [1.54, 1.807) is 0 Å². The molecule has 4 rings (SSSR count). The van der Waals surface area contributed by atoms with Crippen molar-refractivity contribution in [3.8, 4) is 0 Å². The zero-order valence-electron chi connectivity index (χ0n) is 15.5. The summed E-state index contributed by atoms with van der Waals surface area (Å²) in [6.45, 7) is 3.43. The fraction of sp³-hybridized carbons (Fsp3) is 0.500. The second-order valence-corrected chi connectivity index (χ2v) is 8.61. The maximum atomic E-state index is 13.1. The molecule has 0 bridgehead atoms.